The summed E-state index contributed by atoms with van der Waals surface area (Å²) in [6.07, 6.45) is 0. The van der Waals surface area contributed by atoms with Crippen LogP contribution in [-0.2, 0) is 22.1 Å². The lowest BCUT2D eigenvalue weighted by atomic mass is 9.97. The molecule has 0 aliphatic rings. The van der Waals surface area contributed by atoms with Crippen molar-refractivity contribution in [3.63, 3.8) is 0 Å². The first-order valence-corrected chi connectivity index (χ1v) is 17.5. The van der Waals surface area contributed by atoms with Crippen LogP contribution in [0.2, 0.25) is 36.3 Å². The maximum absolute atomic E-state index is 6.43. The van der Waals surface area contributed by atoms with E-state index < -0.39 is 16.6 Å². The molecule has 32 heavy (non-hydrogen) atoms. The van der Waals surface area contributed by atoms with Gasteiger partial charge in [-0.25, -0.2) is 0 Å². The zero-order valence-electron chi connectivity index (χ0n) is 22.1. The molecule has 0 aliphatic carbocycles. The fraction of sp³-hybridized carbons (Fsp3) is 0.500. The molecule has 0 saturated carbocycles. The highest BCUT2D eigenvalue weighted by Crippen LogP contribution is 2.38. The van der Waals surface area contributed by atoms with E-state index in [2.05, 4.69) is 123 Å². The molecule has 0 bridgehead atoms. The second-order valence-corrected chi connectivity index (χ2v) is 21.6. The van der Waals surface area contributed by atoms with Crippen LogP contribution in [0, 0.1) is 0 Å². The van der Waals surface area contributed by atoms with Gasteiger partial charge < -0.3 is 8.85 Å². The minimum Gasteiger partial charge on any atom is -0.413 e. The van der Waals surface area contributed by atoms with Crippen LogP contribution in [0.5, 0.6) is 0 Å². The van der Waals surface area contributed by atoms with Gasteiger partial charge in [-0.1, -0.05) is 84.5 Å². The SMILES string of the molecule is C=C(c1cccc(CO[Si](C)(C)C(C)(C)C)c1)c1cccc(CO[Si](C)(C)C(C)(C)C)c1. The lowest BCUT2D eigenvalue weighted by Gasteiger charge is -2.36. The predicted molar refractivity (Wildman–Crippen MR) is 145 cm³/mol. The summed E-state index contributed by atoms with van der Waals surface area (Å²) in [6.45, 7) is 28.6. The molecule has 2 aromatic rings. The second kappa shape index (κ2) is 9.80. The van der Waals surface area contributed by atoms with Crippen molar-refractivity contribution < 1.29 is 8.85 Å². The zero-order chi connectivity index (χ0) is 24.4. The van der Waals surface area contributed by atoms with Crippen LogP contribution < -0.4 is 0 Å². The molecule has 0 fully saturated rings. The summed E-state index contributed by atoms with van der Waals surface area (Å²) in [5, 5.41) is 0.419. The highest BCUT2D eigenvalue weighted by atomic mass is 28.4. The van der Waals surface area contributed by atoms with Crippen molar-refractivity contribution in [2.24, 2.45) is 0 Å². The van der Waals surface area contributed by atoms with Crippen molar-refractivity contribution >= 4 is 22.2 Å². The fourth-order valence-electron chi connectivity index (χ4n) is 2.82. The van der Waals surface area contributed by atoms with E-state index in [0.29, 0.717) is 13.2 Å². The molecule has 176 valence electrons. The Balaban J connectivity index is 2.14. The molecule has 4 heteroatoms. The van der Waals surface area contributed by atoms with Gasteiger partial charge in [-0.2, -0.15) is 0 Å². The van der Waals surface area contributed by atoms with Gasteiger partial charge in [0.05, 0.1) is 13.2 Å². The highest BCUT2D eigenvalue weighted by Gasteiger charge is 2.37. The zero-order valence-corrected chi connectivity index (χ0v) is 24.1. The third kappa shape index (κ3) is 6.77. The lowest BCUT2D eigenvalue weighted by molar-refractivity contribution is 0.276. The van der Waals surface area contributed by atoms with Gasteiger partial charge >= 0.3 is 0 Å². The maximum atomic E-state index is 6.43. The third-order valence-corrected chi connectivity index (χ3v) is 16.3. The van der Waals surface area contributed by atoms with Crippen LogP contribution in [0.3, 0.4) is 0 Å². The van der Waals surface area contributed by atoms with Crippen molar-refractivity contribution in [3.8, 4) is 0 Å². The van der Waals surface area contributed by atoms with Gasteiger partial charge in [-0.05, 0) is 76.2 Å². The van der Waals surface area contributed by atoms with E-state index in [1.165, 1.54) is 11.1 Å². The van der Waals surface area contributed by atoms with E-state index >= 15 is 0 Å². The molecule has 0 N–H and O–H groups in total. The number of hydrogen-bond acceptors (Lipinski definition) is 2. The summed E-state index contributed by atoms with van der Waals surface area (Å²) in [5.41, 5.74) is 5.72. The van der Waals surface area contributed by atoms with Gasteiger partial charge in [0, 0.05) is 0 Å². The van der Waals surface area contributed by atoms with Crippen LogP contribution >= 0.6 is 0 Å². The van der Waals surface area contributed by atoms with Crippen LogP contribution in [0.15, 0.2) is 55.1 Å². The van der Waals surface area contributed by atoms with Gasteiger partial charge in [-0.15, -0.1) is 0 Å². The molecule has 2 nitrogen and oxygen atoms in total. The molecule has 2 aromatic carbocycles. The van der Waals surface area contributed by atoms with E-state index in [1.807, 2.05) is 0 Å². The van der Waals surface area contributed by atoms with E-state index in [4.69, 9.17) is 8.85 Å². The van der Waals surface area contributed by atoms with Gasteiger partial charge in [0.1, 0.15) is 0 Å². The average molecular weight is 469 g/mol. The van der Waals surface area contributed by atoms with Crippen molar-refractivity contribution in [1.82, 2.24) is 0 Å². The van der Waals surface area contributed by atoms with Crippen LogP contribution in [-0.4, -0.2) is 16.6 Å². The topological polar surface area (TPSA) is 18.5 Å². The first kappa shape index (κ1) is 26.8. The molecule has 0 radical (unpaired) electrons. The van der Waals surface area contributed by atoms with Crippen molar-refractivity contribution in [3.05, 3.63) is 77.4 Å². The minimum atomic E-state index is -1.77. The molecule has 2 rings (SSSR count). The molecule has 0 atom stereocenters. The van der Waals surface area contributed by atoms with Crippen molar-refractivity contribution in [1.29, 1.82) is 0 Å². The van der Waals surface area contributed by atoms with Crippen LogP contribution in [0.1, 0.15) is 63.8 Å². The summed E-state index contributed by atoms with van der Waals surface area (Å²) < 4.78 is 12.9. The van der Waals surface area contributed by atoms with E-state index in [1.54, 1.807) is 0 Å². The largest absolute Gasteiger partial charge is 0.413 e. The molecular weight excluding hydrogens is 424 g/mol. The molecule has 0 unspecified atom stereocenters. The maximum Gasteiger partial charge on any atom is 0.192 e. The van der Waals surface area contributed by atoms with Crippen molar-refractivity contribution in [2.45, 2.75) is 91.0 Å². The summed E-state index contributed by atoms with van der Waals surface area (Å²) in [6, 6.07) is 17.2. The smallest absolute Gasteiger partial charge is 0.192 e. The molecule has 0 spiro atoms. The van der Waals surface area contributed by atoms with Crippen LogP contribution in [0.4, 0.5) is 0 Å². The Morgan fingerprint density at radius 3 is 1.34 bits per heavy atom. The van der Waals surface area contributed by atoms with Crippen LogP contribution in [0.25, 0.3) is 5.57 Å². The molecule has 0 aliphatic heterocycles. The average Bonchev–Trinajstić information content (AvgIpc) is 2.69. The minimum absolute atomic E-state index is 0.209. The summed E-state index contributed by atoms with van der Waals surface area (Å²) in [5.74, 6) is 0. The Bertz CT molecular complexity index is 855. The van der Waals surface area contributed by atoms with E-state index in [-0.39, 0.29) is 10.1 Å². The summed E-state index contributed by atoms with van der Waals surface area (Å²) >= 11 is 0. The number of rotatable bonds is 8. The second-order valence-electron chi connectivity index (χ2n) is 12.0. The Morgan fingerprint density at radius 2 is 1.03 bits per heavy atom. The van der Waals surface area contributed by atoms with Gasteiger partial charge in [0.25, 0.3) is 0 Å². The Hall–Kier alpha value is -1.47. The Kier molecular flexibility index (Phi) is 8.20. The van der Waals surface area contributed by atoms with Crippen molar-refractivity contribution in [2.75, 3.05) is 0 Å². The summed E-state index contributed by atoms with van der Waals surface area (Å²) in [7, 11) is -3.55. The predicted octanol–water partition coefficient (Wildman–Crippen LogP) is 8.79. The Morgan fingerprint density at radius 1 is 0.688 bits per heavy atom. The summed E-state index contributed by atoms with van der Waals surface area (Å²) in [4.78, 5) is 0. The monoisotopic (exact) mass is 468 g/mol. The Labute approximate surface area is 199 Å². The first-order valence-electron chi connectivity index (χ1n) is 11.7. The normalized spacial score (nSPS) is 13.3. The van der Waals surface area contributed by atoms with E-state index in [0.717, 1.165) is 16.7 Å². The molecule has 0 heterocycles. The molecule has 0 aromatic heterocycles. The number of hydrogen-bond donors (Lipinski definition) is 0. The fourth-order valence-corrected chi connectivity index (χ4v) is 4.75. The van der Waals surface area contributed by atoms with Gasteiger partial charge in [-0.3, -0.25) is 0 Å². The molecular formula is C28H44O2Si2. The van der Waals surface area contributed by atoms with Gasteiger partial charge in [0.15, 0.2) is 16.6 Å². The number of benzene rings is 2. The standard InChI is InChI=1S/C28H44O2Si2/c1-22(25-16-12-14-23(18-25)20-29-31(8,9)27(2,3)4)26-17-13-15-24(19-26)21-30-32(10,11)28(5,6)7/h12-19H,1,20-21H2,2-11H3. The van der Waals surface area contributed by atoms with Gasteiger partial charge in [0.2, 0.25) is 0 Å². The third-order valence-electron chi connectivity index (χ3n) is 7.36. The quantitative estimate of drug-likeness (QED) is 0.360. The molecule has 0 amide bonds. The first-order chi connectivity index (χ1) is 14.5. The molecule has 0 saturated heterocycles. The van der Waals surface area contributed by atoms with E-state index in [9.17, 15) is 0 Å². The lowest BCUT2D eigenvalue weighted by Crippen LogP contribution is -2.40. The highest BCUT2D eigenvalue weighted by molar-refractivity contribution is 6.74.